The SMILES string of the molecule is CCCCCCCCCCCCC=CC(=Nc1ccccc1)C(CCCCC)=Nc1ccccc1.CCc1ccc(O)c([O-])c1C(=O)O.CCc1ccc(O)c([O-])c1C(=O)O.[Ni+2]. The molecule has 11 heteroatoms. The predicted octanol–water partition coefficient (Wildman–Crippen LogP) is 12.4. The maximum atomic E-state index is 11.2. The average molecular weight is 894 g/mol. The fourth-order valence-electron chi connectivity index (χ4n) is 6.51. The molecule has 4 aromatic rings. The first kappa shape index (κ1) is 54.6. The number of carbonyl (C=O) groups is 2. The Kier molecular flexibility index (Phi) is 28.5. The second kappa shape index (κ2) is 32.3. The molecule has 62 heavy (non-hydrogen) atoms. The van der Waals surface area contributed by atoms with E-state index < -0.39 is 34.9 Å². The third kappa shape index (κ3) is 20.4. The summed E-state index contributed by atoms with van der Waals surface area (Å²) in [5, 5.41) is 57.7. The molecule has 0 radical (unpaired) electrons. The van der Waals surface area contributed by atoms with E-state index in [1.165, 1.54) is 101 Å². The number of allylic oxidation sites excluding steroid dienone is 2. The van der Waals surface area contributed by atoms with Crippen molar-refractivity contribution in [2.75, 3.05) is 0 Å². The van der Waals surface area contributed by atoms with Crippen molar-refractivity contribution >= 4 is 34.7 Å². The average Bonchev–Trinajstić information content (AvgIpc) is 3.26. The Morgan fingerprint density at radius 2 is 0.952 bits per heavy atom. The Bertz CT molecular complexity index is 1910. The van der Waals surface area contributed by atoms with Gasteiger partial charge in [0.1, 0.15) is 11.5 Å². The number of nitrogens with zero attached hydrogens (tertiary/aromatic N) is 2. The minimum Gasteiger partial charge on any atom is -0.869 e. The second-order valence-corrected chi connectivity index (χ2v) is 14.8. The van der Waals surface area contributed by atoms with E-state index in [9.17, 15) is 19.8 Å². The third-order valence-electron chi connectivity index (χ3n) is 9.97. The molecule has 10 nitrogen and oxygen atoms in total. The van der Waals surface area contributed by atoms with Gasteiger partial charge in [0.15, 0.2) is 0 Å². The van der Waals surface area contributed by atoms with Gasteiger partial charge in [-0.3, -0.25) is 4.99 Å². The van der Waals surface area contributed by atoms with Crippen LogP contribution in [0.2, 0.25) is 0 Å². The van der Waals surface area contributed by atoms with Crippen LogP contribution >= 0.6 is 0 Å². The van der Waals surface area contributed by atoms with Crippen molar-refractivity contribution in [3.63, 3.8) is 0 Å². The van der Waals surface area contributed by atoms with Crippen LogP contribution in [0.5, 0.6) is 23.0 Å². The molecule has 0 bridgehead atoms. The van der Waals surface area contributed by atoms with Crippen molar-refractivity contribution in [1.29, 1.82) is 0 Å². The third-order valence-corrected chi connectivity index (χ3v) is 9.97. The van der Waals surface area contributed by atoms with Crippen LogP contribution in [0.4, 0.5) is 11.4 Å². The van der Waals surface area contributed by atoms with E-state index in [1.807, 2.05) is 12.1 Å². The molecule has 4 N–H and O–H groups in total. The number of phenolic OH excluding ortho intramolecular Hbond substituents is 2. The number of para-hydroxylation sites is 2. The first-order chi connectivity index (χ1) is 29.5. The summed E-state index contributed by atoms with van der Waals surface area (Å²) in [6.45, 7) is 8.03. The summed E-state index contributed by atoms with van der Waals surface area (Å²) in [6.07, 6.45) is 24.8. The monoisotopic (exact) mass is 892 g/mol. The number of aryl methyl sites for hydroxylation is 2. The number of phenols is 2. The van der Waals surface area contributed by atoms with Gasteiger partial charge in [0.2, 0.25) is 0 Å². The largest absolute Gasteiger partial charge is 2.00 e. The summed E-state index contributed by atoms with van der Waals surface area (Å²) >= 11 is 0. The van der Waals surface area contributed by atoms with Gasteiger partial charge in [-0.1, -0.05) is 164 Å². The van der Waals surface area contributed by atoms with Crippen LogP contribution in [0, 0.1) is 0 Å². The summed E-state index contributed by atoms with van der Waals surface area (Å²) < 4.78 is 0. The van der Waals surface area contributed by atoms with Gasteiger partial charge in [-0.05, 0) is 92.1 Å². The molecular formula is C51H66N2NiO8. The summed E-state index contributed by atoms with van der Waals surface area (Å²) in [7, 11) is 0. The number of unbranched alkanes of at least 4 members (excludes halogenated alkanes) is 12. The fraction of sp³-hybridized carbons (Fsp3) is 0.412. The Balaban J connectivity index is 0.000000578. The van der Waals surface area contributed by atoms with Crippen molar-refractivity contribution in [2.45, 2.75) is 137 Å². The van der Waals surface area contributed by atoms with Gasteiger partial charge in [0.25, 0.3) is 0 Å². The summed E-state index contributed by atoms with van der Waals surface area (Å²) in [5.41, 5.74) is 4.30. The maximum absolute atomic E-state index is 11.2. The topological polar surface area (TPSA) is 186 Å². The number of rotatable bonds is 23. The first-order valence-electron chi connectivity index (χ1n) is 21.9. The quantitative estimate of drug-likeness (QED) is 0.0322. The number of aliphatic imine (C=N–C) groups is 2. The van der Waals surface area contributed by atoms with Gasteiger partial charge in [-0.15, -0.1) is 0 Å². The number of carboxylic acids is 2. The van der Waals surface area contributed by atoms with Crippen molar-refractivity contribution in [1.82, 2.24) is 0 Å². The smallest absolute Gasteiger partial charge is 0.869 e. The van der Waals surface area contributed by atoms with Gasteiger partial charge in [0.05, 0.1) is 33.9 Å². The zero-order valence-corrected chi connectivity index (χ0v) is 37.9. The molecule has 0 spiro atoms. The predicted molar refractivity (Wildman–Crippen MR) is 245 cm³/mol. The van der Waals surface area contributed by atoms with E-state index in [0.717, 1.165) is 42.1 Å². The van der Waals surface area contributed by atoms with Gasteiger partial charge < -0.3 is 30.6 Å². The molecule has 0 heterocycles. The molecule has 0 amide bonds. The molecule has 0 aliphatic carbocycles. The molecule has 0 atom stereocenters. The van der Waals surface area contributed by atoms with Crippen molar-refractivity contribution in [3.8, 4) is 23.0 Å². The standard InChI is InChI=1S/C33H48N2.2C9H10O4.Ni/c1-3-5-7-8-9-10-11-12-13-14-15-23-29-33(35-31-26-21-17-22-27-31)32(28-18-6-4-2)34-30-24-19-16-20-25-30;2*1-2-5-3-4-6(10)8(11)7(5)9(12)13;/h16-17,19-27,29H,3-15,18,28H2,1-2H3;2*3-4,10-11H,2H2,1H3,(H,12,13);/q;;;+2/p-2. The molecule has 0 fully saturated rings. The van der Waals surface area contributed by atoms with Gasteiger partial charge in [-0.25, -0.2) is 14.6 Å². The Hall–Kier alpha value is -5.41. The summed E-state index contributed by atoms with van der Waals surface area (Å²) in [5.74, 6) is -5.25. The first-order valence-corrected chi connectivity index (χ1v) is 21.9. The van der Waals surface area contributed by atoms with Crippen molar-refractivity contribution in [2.24, 2.45) is 9.98 Å². The molecule has 0 saturated heterocycles. The molecule has 0 aromatic heterocycles. The molecule has 0 saturated carbocycles. The zero-order valence-electron chi connectivity index (χ0n) is 36.9. The number of benzene rings is 4. The van der Waals surface area contributed by atoms with E-state index in [-0.39, 0.29) is 27.6 Å². The van der Waals surface area contributed by atoms with Crippen LogP contribution in [0.3, 0.4) is 0 Å². The normalized spacial score (nSPS) is 11.2. The van der Waals surface area contributed by atoms with Crippen LogP contribution in [-0.2, 0) is 29.3 Å². The number of carboxylic acid groups (broad SMARTS) is 2. The zero-order chi connectivity index (χ0) is 44.8. The number of hydrogen-bond acceptors (Lipinski definition) is 8. The summed E-state index contributed by atoms with van der Waals surface area (Å²) in [6, 6.07) is 25.9. The maximum Gasteiger partial charge on any atom is 2.00 e. The van der Waals surface area contributed by atoms with E-state index in [2.05, 4.69) is 74.5 Å². The Morgan fingerprint density at radius 1 is 0.548 bits per heavy atom. The van der Waals surface area contributed by atoms with Crippen LogP contribution in [0.1, 0.15) is 156 Å². The van der Waals surface area contributed by atoms with Crippen molar-refractivity contribution < 1.29 is 56.7 Å². The van der Waals surface area contributed by atoms with Crippen LogP contribution in [0.15, 0.2) is 107 Å². The minimum atomic E-state index is -1.29. The Morgan fingerprint density at radius 3 is 1.37 bits per heavy atom. The molecule has 4 rings (SSSR count). The molecule has 0 aliphatic rings. The molecule has 338 valence electrons. The van der Waals surface area contributed by atoms with Crippen LogP contribution in [0.25, 0.3) is 0 Å². The van der Waals surface area contributed by atoms with E-state index in [4.69, 9.17) is 30.4 Å². The van der Waals surface area contributed by atoms with Gasteiger partial charge in [-0.2, -0.15) is 0 Å². The molecule has 0 aliphatic heterocycles. The number of aromatic carboxylic acids is 2. The Labute approximate surface area is 379 Å². The van der Waals surface area contributed by atoms with E-state index >= 15 is 0 Å². The number of aromatic hydroxyl groups is 2. The molecule has 4 aromatic carbocycles. The molecular weight excluding hydrogens is 827 g/mol. The van der Waals surface area contributed by atoms with E-state index in [0.29, 0.717) is 24.0 Å². The van der Waals surface area contributed by atoms with Crippen LogP contribution in [-0.4, -0.2) is 43.8 Å². The van der Waals surface area contributed by atoms with Gasteiger partial charge in [0, 0.05) is 0 Å². The minimum absolute atomic E-state index is 0. The van der Waals surface area contributed by atoms with E-state index in [1.54, 1.807) is 13.8 Å². The summed E-state index contributed by atoms with van der Waals surface area (Å²) in [4.78, 5) is 31.3. The van der Waals surface area contributed by atoms with Crippen molar-refractivity contribution in [3.05, 3.63) is 119 Å². The number of hydrogen-bond donors (Lipinski definition) is 4. The second-order valence-electron chi connectivity index (χ2n) is 14.8. The fourth-order valence-corrected chi connectivity index (χ4v) is 6.51. The van der Waals surface area contributed by atoms with Crippen LogP contribution < -0.4 is 10.2 Å². The van der Waals surface area contributed by atoms with Gasteiger partial charge >= 0.3 is 28.4 Å². The molecule has 0 unspecified atom stereocenters.